The van der Waals surface area contributed by atoms with Crippen LogP contribution in [0.4, 0.5) is 11.4 Å². The maximum atomic E-state index is 13.7. The molecule has 0 atom stereocenters. The quantitative estimate of drug-likeness (QED) is 0.343. The predicted molar refractivity (Wildman–Crippen MR) is 156 cm³/mol. The van der Waals surface area contributed by atoms with Crippen molar-refractivity contribution < 1.29 is 18.0 Å². The number of nitrogens with zero attached hydrogens (tertiary/aromatic N) is 1. The summed E-state index contributed by atoms with van der Waals surface area (Å²) in [6.07, 6.45) is 5.25. The van der Waals surface area contributed by atoms with Gasteiger partial charge in [0.25, 0.3) is 15.9 Å². The summed E-state index contributed by atoms with van der Waals surface area (Å²) < 4.78 is 28.6. The maximum absolute atomic E-state index is 13.7. The number of aryl methyl sites for hydroxylation is 1. The number of hydrogen-bond donors (Lipinski definition) is 2. The predicted octanol–water partition coefficient (Wildman–Crippen LogP) is 6.01. The zero-order valence-corrected chi connectivity index (χ0v) is 23.6. The Hall–Kier alpha value is -3.65. The largest absolute Gasteiger partial charge is 0.349 e. The van der Waals surface area contributed by atoms with Crippen LogP contribution in [0.25, 0.3) is 0 Å². The first-order valence-electron chi connectivity index (χ1n) is 13.5. The SMILES string of the molecule is Cc1ccc(S(=O)(=O)N(CC(=O)Nc2ccccc2C(=O)NC2CCCCC2)c2ccc(C(C)C)cc2)cc1. The monoisotopic (exact) mass is 547 g/mol. The van der Waals surface area contributed by atoms with E-state index in [4.69, 9.17) is 0 Å². The normalized spacial score (nSPS) is 14.2. The zero-order valence-electron chi connectivity index (χ0n) is 22.8. The molecule has 2 N–H and O–H groups in total. The molecule has 1 aliphatic carbocycles. The molecule has 8 heteroatoms. The van der Waals surface area contributed by atoms with E-state index in [1.54, 1.807) is 60.7 Å². The first kappa shape index (κ1) is 28.4. The summed E-state index contributed by atoms with van der Waals surface area (Å²) in [6, 6.07) is 20.7. The molecule has 3 aromatic rings. The molecule has 0 heterocycles. The van der Waals surface area contributed by atoms with Gasteiger partial charge < -0.3 is 10.6 Å². The van der Waals surface area contributed by atoms with Gasteiger partial charge in [-0.1, -0.05) is 75.1 Å². The number of amides is 2. The fraction of sp³-hybridized carbons (Fsp3) is 0.355. The first-order valence-corrected chi connectivity index (χ1v) is 15.0. The van der Waals surface area contributed by atoms with Gasteiger partial charge in [0.15, 0.2) is 0 Å². The summed E-state index contributed by atoms with van der Waals surface area (Å²) in [5.41, 5.74) is 3.08. The van der Waals surface area contributed by atoms with Crippen molar-refractivity contribution in [2.45, 2.75) is 69.7 Å². The van der Waals surface area contributed by atoms with E-state index < -0.39 is 22.5 Å². The average molecular weight is 548 g/mol. The smallest absolute Gasteiger partial charge is 0.264 e. The number of para-hydroxylation sites is 1. The Kier molecular flexibility index (Phi) is 9.07. The van der Waals surface area contributed by atoms with E-state index >= 15 is 0 Å². The first-order chi connectivity index (χ1) is 18.6. The van der Waals surface area contributed by atoms with Crippen LogP contribution in [0.5, 0.6) is 0 Å². The third-order valence-electron chi connectivity index (χ3n) is 7.13. The lowest BCUT2D eigenvalue weighted by Gasteiger charge is -2.25. The number of anilines is 2. The van der Waals surface area contributed by atoms with Crippen LogP contribution in [0, 0.1) is 6.92 Å². The highest BCUT2D eigenvalue weighted by atomic mass is 32.2. The molecular weight excluding hydrogens is 510 g/mol. The van der Waals surface area contributed by atoms with Gasteiger partial charge in [0.2, 0.25) is 5.91 Å². The van der Waals surface area contributed by atoms with E-state index in [1.807, 2.05) is 19.1 Å². The molecule has 7 nitrogen and oxygen atoms in total. The van der Waals surface area contributed by atoms with E-state index in [2.05, 4.69) is 24.5 Å². The topological polar surface area (TPSA) is 95.6 Å². The minimum Gasteiger partial charge on any atom is -0.349 e. The van der Waals surface area contributed by atoms with E-state index in [1.165, 1.54) is 6.42 Å². The highest BCUT2D eigenvalue weighted by molar-refractivity contribution is 7.92. The fourth-order valence-corrected chi connectivity index (χ4v) is 6.22. The third-order valence-corrected chi connectivity index (χ3v) is 8.92. The van der Waals surface area contributed by atoms with E-state index in [0.29, 0.717) is 16.9 Å². The molecule has 0 radical (unpaired) electrons. The molecule has 0 unspecified atom stereocenters. The van der Waals surface area contributed by atoms with Crippen molar-refractivity contribution in [3.63, 3.8) is 0 Å². The highest BCUT2D eigenvalue weighted by Crippen LogP contribution is 2.27. The molecule has 0 aliphatic heterocycles. The number of benzene rings is 3. The number of hydrogen-bond acceptors (Lipinski definition) is 4. The number of carbonyl (C=O) groups excluding carboxylic acids is 2. The molecule has 1 saturated carbocycles. The second-order valence-corrected chi connectivity index (χ2v) is 12.3. The van der Waals surface area contributed by atoms with Crippen LogP contribution >= 0.6 is 0 Å². The molecular formula is C31H37N3O4S. The molecule has 0 bridgehead atoms. The molecule has 0 spiro atoms. The third kappa shape index (κ3) is 7.06. The van der Waals surface area contributed by atoms with Crippen LogP contribution in [0.3, 0.4) is 0 Å². The van der Waals surface area contributed by atoms with Crippen LogP contribution in [-0.4, -0.2) is 32.8 Å². The van der Waals surface area contributed by atoms with Crippen molar-refractivity contribution in [1.29, 1.82) is 0 Å². The van der Waals surface area contributed by atoms with Crippen molar-refractivity contribution in [2.75, 3.05) is 16.2 Å². The Morgan fingerprint density at radius 2 is 1.54 bits per heavy atom. The molecule has 0 aromatic heterocycles. The van der Waals surface area contributed by atoms with Crippen molar-refractivity contribution in [2.24, 2.45) is 0 Å². The average Bonchev–Trinajstić information content (AvgIpc) is 2.93. The lowest BCUT2D eigenvalue weighted by molar-refractivity contribution is -0.114. The van der Waals surface area contributed by atoms with Gasteiger partial charge in [-0.25, -0.2) is 8.42 Å². The van der Waals surface area contributed by atoms with Gasteiger partial charge in [-0.3, -0.25) is 13.9 Å². The molecule has 1 fully saturated rings. The Morgan fingerprint density at radius 3 is 2.18 bits per heavy atom. The standard InChI is InChI=1S/C31H37N3O4S/c1-22(2)24-15-17-26(18-16-24)34(39(37,38)27-19-13-23(3)14-20-27)21-30(35)33-29-12-8-7-11-28(29)31(36)32-25-9-5-4-6-10-25/h7-8,11-20,22,25H,4-6,9-10,21H2,1-3H3,(H,32,36)(H,33,35). The van der Waals surface area contributed by atoms with Crippen LogP contribution in [0.15, 0.2) is 77.7 Å². The lowest BCUT2D eigenvalue weighted by Crippen LogP contribution is -2.39. The second kappa shape index (κ2) is 12.5. The van der Waals surface area contributed by atoms with Gasteiger partial charge in [-0.05, 0) is 67.6 Å². The van der Waals surface area contributed by atoms with Gasteiger partial charge in [0, 0.05) is 6.04 Å². The van der Waals surface area contributed by atoms with Crippen molar-refractivity contribution >= 4 is 33.2 Å². The number of rotatable bonds is 9. The minimum absolute atomic E-state index is 0.0982. The summed E-state index contributed by atoms with van der Waals surface area (Å²) in [7, 11) is -4.04. The molecule has 39 heavy (non-hydrogen) atoms. The summed E-state index contributed by atoms with van der Waals surface area (Å²) in [6.45, 7) is 5.56. The Balaban J connectivity index is 1.59. The van der Waals surface area contributed by atoms with E-state index in [0.717, 1.165) is 41.1 Å². The van der Waals surface area contributed by atoms with Crippen molar-refractivity contribution in [3.8, 4) is 0 Å². The van der Waals surface area contributed by atoms with Gasteiger partial charge in [0.1, 0.15) is 6.54 Å². The Labute approximate surface area is 231 Å². The second-order valence-electron chi connectivity index (χ2n) is 10.5. The summed E-state index contributed by atoms with van der Waals surface area (Å²) in [5.74, 6) is -0.511. The van der Waals surface area contributed by atoms with Gasteiger partial charge in [-0.15, -0.1) is 0 Å². The van der Waals surface area contributed by atoms with Crippen LogP contribution in [0.2, 0.25) is 0 Å². The molecule has 1 aliphatic rings. The van der Waals surface area contributed by atoms with E-state index in [-0.39, 0.29) is 22.8 Å². The van der Waals surface area contributed by atoms with Gasteiger partial charge in [-0.2, -0.15) is 0 Å². The van der Waals surface area contributed by atoms with Crippen LogP contribution in [-0.2, 0) is 14.8 Å². The molecule has 206 valence electrons. The van der Waals surface area contributed by atoms with Gasteiger partial charge >= 0.3 is 0 Å². The Morgan fingerprint density at radius 1 is 0.897 bits per heavy atom. The minimum atomic E-state index is -4.04. The van der Waals surface area contributed by atoms with Crippen LogP contribution < -0.4 is 14.9 Å². The lowest BCUT2D eigenvalue weighted by atomic mass is 9.95. The molecule has 4 rings (SSSR count). The number of carbonyl (C=O) groups is 2. The van der Waals surface area contributed by atoms with Crippen molar-refractivity contribution in [1.82, 2.24) is 5.32 Å². The summed E-state index contributed by atoms with van der Waals surface area (Å²) in [5, 5.41) is 5.87. The zero-order chi connectivity index (χ0) is 28.0. The molecule has 0 saturated heterocycles. The summed E-state index contributed by atoms with van der Waals surface area (Å²) >= 11 is 0. The van der Waals surface area contributed by atoms with Crippen molar-refractivity contribution in [3.05, 3.63) is 89.5 Å². The van der Waals surface area contributed by atoms with Crippen LogP contribution in [0.1, 0.15) is 73.4 Å². The molecule has 2 amide bonds. The summed E-state index contributed by atoms with van der Waals surface area (Å²) in [4.78, 5) is 26.5. The Bertz CT molecular complexity index is 1390. The number of sulfonamides is 1. The molecule has 3 aromatic carbocycles. The van der Waals surface area contributed by atoms with Gasteiger partial charge in [0.05, 0.1) is 21.8 Å². The van der Waals surface area contributed by atoms with E-state index in [9.17, 15) is 18.0 Å². The maximum Gasteiger partial charge on any atom is 0.264 e. The highest BCUT2D eigenvalue weighted by Gasteiger charge is 2.28. The number of nitrogens with one attached hydrogen (secondary N) is 2. The fourth-order valence-electron chi connectivity index (χ4n) is 4.80.